The maximum Gasteiger partial charge on any atom is 0.261 e. The van der Waals surface area contributed by atoms with E-state index in [0.717, 1.165) is 17.1 Å². The predicted octanol–water partition coefficient (Wildman–Crippen LogP) is 4.77. The van der Waals surface area contributed by atoms with E-state index >= 15 is 0 Å². The number of halogens is 2. The van der Waals surface area contributed by atoms with Crippen molar-refractivity contribution in [1.82, 2.24) is 4.90 Å². The topological polar surface area (TPSA) is 37.4 Å². The van der Waals surface area contributed by atoms with Gasteiger partial charge in [0, 0.05) is 11.4 Å². The van der Waals surface area contributed by atoms with Crippen LogP contribution in [0.25, 0.3) is 0 Å². The van der Waals surface area contributed by atoms with Crippen molar-refractivity contribution in [2.24, 2.45) is 0 Å². The minimum absolute atomic E-state index is 0.204. The summed E-state index contributed by atoms with van der Waals surface area (Å²) in [6.45, 7) is 0.417. The number of rotatable bonds is 5. The first-order chi connectivity index (χ1) is 11.1. The number of imide groups is 1. The van der Waals surface area contributed by atoms with Crippen molar-refractivity contribution in [2.75, 3.05) is 12.3 Å². The van der Waals surface area contributed by atoms with Gasteiger partial charge in [-0.1, -0.05) is 35.3 Å². The summed E-state index contributed by atoms with van der Waals surface area (Å²) in [4.78, 5) is 26.8. The van der Waals surface area contributed by atoms with E-state index in [1.165, 1.54) is 4.90 Å². The van der Waals surface area contributed by atoms with E-state index in [9.17, 15) is 9.59 Å². The van der Waals surface area contributed by atoms with E-state index < -0.39 is 0 Å². The molecule has 0 atom stereocenters. The number of hydrogen-bond acceptors (Lipinski definition) is 3. The van der Waals surface area contributed by atoms with Crippen molar-refractivity contribution in [1.29, 1.82) is 0 Å². The van der Waals surface area contributed by atoms with Crippen LogP contribution in [0.15, 0.2) is 47.4 Å². The highest BCUT2D eigenvalue weighted by molar-refractivity contribution is 7.99. The normalized spacial score (nSPS) is 13.6. The second kappa shape index (κ2) is 6.95. The number of benzene rings is 2. The Hall–Kier alpha value is -1.49. The second-order valence-electron chi connectivity index (χ2n) is 5.09. The van der Waals surface area contributed by atoms with E-state index in [0.29, 0.717) is 27.7 Å². The number of fused-ring (bicyclic) bond motifs is 1. The summed E-state index contributed by atoms with van der Waals surface area (Å²) >= 11 is 13.5. The molecule has 0 aliphatic carbocycles. The summed E-state index contributed by atoms with van der Waals surface area (Å²) in [6.07, 6.45) is 0.719. The molecule has 23 heavy (non-hydrogen) atoms. The lowest BCUT2D eigenvalue weighted by molar-refractivity contribution is 0.0655. The average Bonchev–Trinajstić information content (AvgIpc) is 2.80. The van der Waals surface area contributed by atoms with Gasteiger partial charge in [-0.05, 0) is 42.5 Å². The fraction of sp³-hybridized carbons (Fsp3) is 0.176. The van der Waals surface area contributed by atoms with Gasteiger partial charge in [0.15, 0.2) is 0 Å². The molecular formula is C17H13Cl2NO2S. The Balaban J connectivity index is 1.55. The minimum Gasteiger partial charge on any atom is -0.274 e. The van der Waals surface area contributed by atoms with Crippen LogP contribution in [0, 0.1) is 0 Å². The summed E-state index contributed by atoms with van der Waals surface area (Å²) in [6, 6.07) is 12.4. The Kier molecular flexibility index (Phi) is 4.95. The maximum atomic E-state index is 12.2. The Morgan fingerprint density at radius 3 is 2.17 bits per heavy atom. The second-order valence-corrected chi connectivity index (χ2v) is 7.07. The van der Waals surface area contributed by atoms with E-state index in [1.54, 1.807) is 42.1 Å². The van der Waals surface area contributed by atoms with Crippen molar-refractivity contribution in [3.05, 3.63) is 63.6 Å². The van der Waals surface area contributed by atoms with Gasteiger partial charge >= 0.3 is 0 Å². The van der Waals surface area contributed by atoms with Gasteiger partial charge in [-0.3, -0.25) is 14.5 Å². The molecule has 0 fully saturated rings. The van der Waals surface area contributed by atoms with Crippen LogP contribution in [-0.4, -0.2) is 29.0 Å². The van der Waals surface area contributed by atoms with Crippen LogP contribution in [-0.2, 0) is 0 Å². The summed E-state index contributed by atoms with van der Waals surface area (Å²) in [7, 11) is 0. The zero-order valence-electron chi connectivity index (χ0n) is 12.1. The highest BCUT2D eigenvalue weighted by atomic mass is 35.5. The first-order valence-corrected chi connectivity index (χ1v) is 8.85. The van der Waals surface area contributed by atoms with Crippen molar-refractivity contribution in [3.63, 3.8) is 0 Å². The van der Waals surface area contributed by atoms with Crippen LogP contribution >= 0.6 is 35.0 Å². The zero-order chi connectivity index (χ0) is 16.4. The van der Waals surface area contributed by atoms with Crippen molar-refractivity contribution >= 4 is 46.8 Å². The van der Waals surface area contributed by atoms with E-state index in [-0.39, 0.29) is 11.8 Å². The minimum atomic E-state index is -0.204. The Bertz CT molecular complexity index is 744. The first kappa shape index (κ1) is 16.4. The van der Waals surface area contributed by atoms with Gasteiger partial charge in [0.05, 0.1) is 21.2 Å². The van der Waals surface area contributed by atoms with E-state index in [4.69, 9.17) is 23.2 Å². The molecule has 118 valence electrons. The number of hydrogen-bond donors (Lipinski definition) is 0. The lowest BCUT2D eigenvalue weighted by atomic mass is 10.1. The summed E-state index contributed by atoms with van der Waals surface area (Å²) in [5.74, 6) is 0.376. The number of nitrogens with zero attached hydrogens (tertiary/aromatic N) is 1. The number of amides is 2. The smallest absolute Gasteiger partial charge is 0.261 e. The molecule has 1 aliphatic rings. The highest BCUT2D eigenvalue weighted by Crippen LogP contribution is 2.28. The molecule has 1 heterocycles. The molecule has 0 unspecified atom stereocenters. The summed E-state index contributed by atoms with van der Waals surface area (Å²) < 4.78 is 0. The van der Waals surface area contributed by atoms with Crippen LogP contribution in [0.5, 0.6) is 0 Å². The van der Waals surface area contributed by atoms with Gasteiger partial charge in [0.25, 0.3) is 11.8 Å². The van der Waals surface area contributed by atoms with Gasteiger partial charge in [-0.15, -0.1) is 11.8 Å². The molecule has 0 spiro atoms. The third kappa shape index (κ3) is 3.39. The molecule has 2 aromatic rings. The molecule has 2 amide bonds. The van der Waals surface area contributed by atoms with Crippen LogP contribution in [0.3, 0.4) is 0 Å². The number of thioether (sulfide) groups is 1. The summed E-state index contributed by atoms with van der Waals surface area (Å²) in [5.41, 5.74) is 0.990. The predicted molar refractivity (Wildman–Crippen MR) is 93.6 cm³/mol. The molecule has 0 radical (unpaired) electrons. The molecule has 6 heteroatoms. The van der Waals surface area contributed by atoms with Gasteiger partial charge in [0.1, 0.15) is 0 Å². The van der Waals surface area contributed by atoms with Gasteiger partial charge < -0.3 is 0 Å². The quantitative estimate of drug-likeness (QED) is 0.435. The fourth-order valence-corrected chi connectivity index (χ4v) is 3.66. The highest BCUT2D eigenvalue weighted by Gasteiger charge is 2.34. The Morgan fingerprint density at radius 2 is 1.57 bits per heavy atom. The molecule has 0 aromatic heterocycles. The van der Waals surface area contributed by atoms with Crippen LogP contribution in [0.1, 0.15) is 27.1 Å². The van der Waals surface area contributed by atoms with Crippen molar-refractivity contribution < 1.29 is 9.59 Å². The number of carbonyl (C=O) groups excluding carboxylic acids is 2. The molecule has 0 N–H and O–H groups in total. The van der Waals surface area contributed by atoms with Crippen LogP contribution in [0.4, 0.5) is 0 Å². The average molecular weight is 366 g/mol. The molecule has 1 aliphatic heterocycles. The van der Waals surface area contributed by atoms with Crippen molar-refractivity contribution in [3.8, 4) is 0 Å². The Morgan fingerprint density at radius 1 is 0.913 bits per heavy atom. The molecule has 3 nitrogen and oxygen atoms in total. The number of carbonyl (C=O) groups is 2. The Labute approximate surface area is 148 Å². The SMILES string of the molecule is O=C1c2ccccc2C(=O)N1CCCSc1ccc(Cl)c(Cl)c1. The monoisotopic (exact) mass is 365 g/mol. The molecular weight excluding hydrogens is 353 g/mol. The molecule has 2 aromatic carbocycles. The zero-order valence-corrected chi connectivity index (χ0v) is 14.4. The molecule has 0 saturated carbocycles. The van der Waals surface area contributed by atoms with Gasteiger partial charge in [0.2, 0.25) is 0 Å². The molecule has 0 saturated heterocycles. The third-order valence-corrected chi connectivity index (χ3v) is 5.38. The van der Waals surface area contributed by atoms with Crippen LogP contribution in [0.2, 0.25) is 10.0 Å². The maximum absolute atomic E-state index is 12.2. The molecule has 3 rings (SSSR count). The first-order valence-electron chi connectivity index (χ1n) is 7.11. The largest absolute Gasteiger partial charge is 0.274 e. The lowest BCUT2D eigenvalue weighted by Crippen LogP contribution is -2.30. The van der Waals surface area contributed by atoms with Crippen molar-refractivity contribution in [2.45, 2.75) is 11.3 Å². The molecule has 0 bridgehead atoms. The third-order valence-electron chi connectivity index (χ3n) is 3.56. The van der Waals surface area contributed by atoms with E-state index in [1.807, 2.05) is 12.1 Å². The van der Waals surface area contributed by atoms with Gasteiger partial charge in [-0.25, -0.2) is 0 Å². The lowest BCUT2D eigenvalue weighted by Gasteiger charge is -2.13. The van der Waals surface area contributed by atoms with E-state index in [2.05, 4.69) is 0 Å². The van der Waals surface area contributed by atoms with Crippen LogP contribution < -0.4 is 0 Å². The summed E-state index contributed by atoms with van der Waals surface area (Å²) in [5, 5.41) is 1.05. The fourth-order valence-electron chi connectivity index (χ4n) is 2.42. The standard InChI is InChI=1S/C17H13Cl2NO2S/c18-14-7-6-11(10-15(14)19)23-9-3-8-20-16(21)12-4-1-2-5-13(12)17(20)22/h1-2,4-7,10H,3,8-9H2. The van der Waals surface area contributed by atoms with Gasteiger partial charge in [-0.2, -0.15) is 0 Å².